The molecule has 0 heterocycles. The van der Waals surface area contributed by atoms with E-state index >= 15 is 0 Å². The van der Waals surface area contributed by atoms with Gasteiger partial charge in [0.05, 0.1) is 12.2 Å². The van der Waals surface area contributed by atoms with E-state index < -0.39 is 24.4 Å². The smallest absolute Gasteiger partial charge is 0.108 e. The SMILES string of the molecule is CC[C@H](O)C(O)[C@@H](O)[C@H](O)CCO. The molecule has 4 atom stereocenters. The molecule has 0 spiro atoms. The maximum Gasteiger partial charge on any atom is 0.108 e. The lowest BCUT2D eigenvalue weighted by Gasteiger charge is -2.25. The van der Waals surface area contributed by atoms with Gasteiger partial charge < -0.3 is 25.5 Å². The molecule has 0 aromatic rings. The Balaban J connectivity index is 3.99. The largest absolute Gasteiger partial charge is 0.396 e. The van der Waals surface area contributed by atoms with Gasteiger partial charge in [0.25, 0.3) is 0 Å². The van der Waals surface area contributed by atoms with E-state index in [9.17, 15) is 10.2 Å². The number of rotatable bonds is 6. The Bertz CT molecular complexity index is 130. The summed E-state index contributed by atoms with van der Waals surface area (Å²) in [6, 6.07) is 0. The summed E-state index contributed by atoms with van der Waals surface area (Å²) in [5.74, 6) is 0. The van der Waals surface area contributed by atoms with Gasteiger partial charge in [0.1, 0.15) is 12.2 Å². The first-order valence-corrected chi connectivity index (χ1v) is 4.37. The summed E-state index contributed by atoms with van der Waals surface area (Å²) >= 11 is 0. The second kappa shape index (κ2) is 6.28. The van der Waals surface area contributed by atoms with E-state index in [1.54, 1.807) is 6.92 Å². The van der Waals surface area contributed by atoms with Crippen LogP contribution in [0.1, 0.15) is 19.8 Å². The van der Waals surface area contributed by atoms with Crippen LogP contribution < -0.4 is 0 Å². The highest BCUT2D eigenvalue weighted by atomic mass is 16.4. The highest BCUT2D eigenvalue weighted by Gasteiger charge is 2.28. The van der Waals surface area contributed by atoms with E-state index in [0.717, 1.165) is 0 Å². The van der Waals surface area contributed by atoms with Crippen molar-refractivity contribution >= 4 is 0 Å². The third-order valence-electron chi connectivity index (χ3n) is 1.98. The van der Waals surface area contributed by atoms with Crippen molar-refractivity contribution in [1.29, 1.82) is 0 Å². The summed E-state index contributed by atoms with van der Waals surface area (Å²) in [5.41, 5.74) is 0. The first-order valence-electron chi connectivity index (χ1n) is 4.37. The Morgan fingerprint density at radius 3 is 1.77 bits per heavy atom. The van der Waals surface area contributed by atoms with E-state index in [-0.39, 0.29) is 13.0 Å². The van der Waals surface area contributed by atoms with Crippen molar-refractivity contribution < 1.29 is 25.5 Å². The number of hydrogen-bond acceptors (Lipinski definition) is 5. The van der Waals surface area contributed by atoms with Crippen LogP contribution in [0.15, 0.2) is 0 Å². The van der Waals surface area contributed by atoms with Crippen LogP contribution in [0, 0.1) is 0 Å². The quantitative estimate of drug-likeness (QED) is 0.344. The molecule has 0 fully saturated rings. The minimum Gasteiger partial charge on any atom is -0.396 e. The molecule has 5 N–H and O–H groups in total. The van der Waals surface area contributed by atoms with Crippen molar-refractivity contribution in [2.75, 3.05) is 6.61 Å². The van der Waals surface area contributed by atoms with E-state index in [0.29, 0.717) is 6.42 Å². The summed E-state index contributed by atoms with van der Waals surface area (Å²) in [6.45, 7) is 1.38. The average molecular weight is 194 g/mol. The first kappa shape index (κ1) is 12.8. The van der Waals surface area contributed by atoms with Gasteiger partial charge in [-0.1, -0.05) is 6.92 Å². The van der Waals surface area contributed by atoms with Gasteiger partial charge >= 0.3 is 0 Å². The fraction of sp³-hybridized carbons (Fsp3) is 1.00. The number of aliphatic hydroxyl groups is 5. The molecule has 0 rings (SSSR count). The molecule has 0 aromatic heterocycles. The van der Waals surface area contributed by atoms with Crippen LogP contribution >= 0.6 is 0 Å². The van der Waals surface area contributed by atoms with Gasteiger partial charge in [-0.25, -0.2) is 0 Å². The molecule has 0 radical (unpaired) electrons. The zero-order valence-electron chi connectivity index (χ0n) is 7.67. The lowest BCUT2D eigenvalue weighted by Crippen LogP contribution is -2.44. The molecule has 0 amide bonds. The van der Waals surface area contributed by atoms with Crippen LogP contribution in [0.25, 0.3) is 0 Å². The average Bonchev–Trinajstić information content (AvgIpc) is 2.14. The van der Waals surface area contributed by atoms with Crippen LogP contribution in [0.3, 0.4) is 0 Å². The Morgan fingerprint density at radius 2 is 1.38 bits per heavy atom. The Kier molecular flexibility index (Phi) is 6.19. The van der Waals surface area contributed by atoms with Crippen molar-refractivity contribution in [2.24, 2.45) is 0 Å². The van der Waals surface area contributed by atoms with E-state index in [1.165, 1.54) is 0 Å². The van der Waals surface area contributed by atoms with Crippen molar-refractivity contribution in [1.82, 2.24) is 0 Å². The fourth-order valence-electron chi connectivity index (χ4n) is 1.000. The fourth-order valence-corrected chi connectivity index (χ4v) is 1.000. The van der Waals surface area contributed by atoms with E-state index in [1.807, 2.05) is 0 Å². The van der Waals surface area contributed by atoms with Crippen molar-refractivity contribution in [3.8, 4) is 0 Å². The van der Waals surface area contributed by atoms with Crippen LogP contribution in [0.4, 0.5) is 0 Å². The highest BCUT2D eigenvalue weighted by molar-refractivity contribution is 4.79. The second-order valence-electron chi connectivity index (χ2n) is 3.04. The molecule has 0 aliphatic heterocycles. The van der Waals surface area contributed by atoms with Gasteiger partial charge in [0.2, 0.25) is 0 Å². The van der Waals surface area contributed by atoms with Gasteiger partial charge in [-0.3, -0.25) is 0 Å². The molecule has 13 heavy (non-hydrogen) atoms. The predicted molar refractivity (Wildman–Crippen MR) is 46.0 cm³/mol. The molecule has 0 aromatic carbocycles. The third kappa shape index (κ3) is 4.02. The monoisotopic (exact) mass is 194 g/mol. The standard InChI is InChI=1S/C8H18O5/c1-2-5(10)7(12)8(13)6(11)3-4-9/h5-13H,2-4H2,1H3/t5-,6+,7?,8-/m0/s1. The predicted octanol–water partition coefficient (Wildman–Crippen LogP) is -1.78. The molecule has 1 unspecified atom stereocenters. The zero-order valence-corrected chi connectivity index (χ0v) is 7.67. The van der Waals surface area contributed by atoms with Gasteiger partial charge in [-0.2, -0.15) is 0 Å². The third-order valence-corrected chi connectivity index (χ3v) is 1.98. The molecule has 0 aliphatic rings. The molecular weight excluding hydrogens is 176 g/mol. The molecule has 0 aliphatic carbocycles. The van der Waals surface area contributed by atoms with Gasteiger partial charge in [0.15, 0.2) is 0 Å². The Labute approximate surface area is 77.3 Å². The summed E-state index contributed by atoms with van der Waals surface area (Å²) in [6.07, 6.45) is -4.77. The second-order valence-corrected chi connectivity index (χ2v) is 3.04. The number of aliphatic hydroxyl groups excluding tert-OH is 5. The van der Waals surface area contributed by atoms with Crippen molar-refractivity contribution in [3.05, 3.63) is 0 Å². The highest BCUT2D eigenvalue weighted by Crippen LogP contribution is 2.09. The summed E-state index contributed by atoms with van der Waals surface area (Å²) in [7, 11) is 0. The lowest BCUT2D eigenvalue weighted by molar-refractivity contribution is -0.109. The van der Waals surface area contributed by atoms with Crippen molar-refractivity contribution in [3.63, 3.8) is 0 Å². The minimum atomic E-state index is -1.41. The minimum absolute atomic E-state index is 0.0192. The maximum atomic E-state index is 9.25. The maximum absolute atomic E-state index is 9.25. The van der Waals surface area contributed by atoms with E-state index in [4.69, 9.17) is 15.3 Å². The summed E-state index contributed by atoms with van der Waals surface area (Å²) < 4.78 is 0. The van der Waals surface area contributed by atoms with Crippen LogP contribution in [0.2, 0.25) is 0 Å². The van der Waals surface area contributed by atoms with Crippen LogP contribution in [-0.4, -0.2) is 56.6 Å². The van der Waals surface area contributed by atoms with Gasteiger partial charge in [-0.05, 0) is 12.8 Å². The molecule has 5 nitrogen and oxygen atoms in total. The molecule has 80 valence electrons. The summed E-state index contributed by atoms with van der Waals surface area (Å²) in [4.78, 5) is 0. The normalized spacial score (nSPS) is 20.8. The van der Waals surface area contributed by atoms with Gasteiger partial charge in [-0.15, -0.1) is 0 Å². The first-order chi connectivity index (χ1) is 6.04. The Hall–Kier alpha value is -0.200. The molecular formula is C8H18O5. The topological polar surface area (TPSA) is 101 Å². The van der Waals surface area contributed by atoms with Crippen molar-refractivity contribution in [2.45, 2.75) is 44.2 Å². The lowest BCUT2D eigenvalue weighted by atomic mass is 10.00. The molecule has 0 bridgehead atoms. The zero-order chi connectivity index (χ0) is 10.4. The molecule has 0 saturated heterocycles. The summed E-state index contributed by atoms with van der Waals surface area (Å²) in [5, 5.41) is 45.2. The van der Waals surface area contributed by atoms with E-state index in [2.05, 4.69) is 0 Å². The van der Waals surface area contributed by atoms with Gasteiger partial charge in [0, 0.05) is 6.61 Å². The molecule has 5 heteroatoms. The number of hydrogen-bond donors (Lipinski definition) is 5. The Morgan fingerprint density at radius 1 is 0.923 bits per heavy atom. The van der Waals surface area contributed by atoms with Crippen LogP contribution in [-0.2, 0) is 0 Å². The van der Waals surface area contributed by atoms with Crippen LogP contribution in [0.5, 0.6) is 0 Å². The molecule has 0 saturated carbocycles.